The van der Waals surface area contributed by atoms with Crippen molar-refractivity contribution in [3.8, 4) is 17.0 Å². The van der Waals surface area contributed by atoms with Gasteiger partial charge in [0.1, 0.15) is 18.9 Å². The fourth-order valence-electron chi connectivity index (χ4n) is 3.20. The minimum Gasteiger partial charge on any atom is -0.488 e. The minimum atomic E-state index is -0.0352. The number of aromatic nitrogens is 2. The molecule has 1 amide bonds. The molecule has 1 N–H and O–H groups in total. The number of carbonyl (C=O) groups excluding carboxylic acids is 1. The molecule has 0 spiro atoms. The molecule has 26 heavy (non-hydrogen) atoms. The van der Waals surface area contributed by atoms with Crippen molar-refractivity contribution in [2.45, 2.75) is 26.5 Å². The second-order valence-corrected chi connectivity index (χ2v) is 6.55. The van der Waals surface area contributed by atoms with Crippen molar-refractivity contribution >= 4 is 5.91 Å². The molecular formula is C21H21N3O2. The molecule has 5 heteroatoms. The molecule has 0 atom stereocenters. The van der Waals surface area contributed by atoms with Crippen LogP contribution in [0.25, 0.3) is 11.3 Å². The van der Waals surface area contributed by atoms with Crippen LogP contribution in [0.2, 0.25) is 0 Å². The van der Waals surface area contributed by atoms with Gasteiger partial charge in [-0.15, -0.1) is 0 Å². The third kappa shape index (κ3) is 3.33. The van der Waals surface area contributed by atoms with Crippen LogP contribution in [0.1, 0.15) is 16.7 Å². The Labute approximate surface area is 152 Å². The molecule has 5 nitrogen and oxygen atoms in total. The molecule has 132 valence electrons. The molecule has 0 fully saturated rings. The molecule has 2 heterocycles. The minimum absolute atomic E-state index is 0.0352. The van der Waals surface area contributed by atoms with Crippen LogP contribution in [0.3, 0.4) is 0 Å². The van der Waals surface area contributed by atoms with Crippen LogP contribution in [0, 0.1) is 6.92 Å². The van der Waals surface area contributed by atoms with E-state index < -0.39 is 0 Å². The molecule has 0 saturated heterocycles. The molecule has 3 aromatic rings. The Morgan fingerprint density at radius 2 is 2.00 bits per heavy atom. The van der Waals surface area contributed by atoms with Crippen LogP contribution in [0.15, 0.2) is 54.7 Å². The van der Waals surface area contributed by atoms with Crippen molar-refractivity contribution in [3.63, 3.8) is 0 Å². The first kappa shape index (κ1) is 16.4. The van der Waals surface area contributed by atoms with E-state index in [4.69, 9.17) is 4.74 Å². The van der Waals surface area contributed by atoms with E-state index in [-0.39, 0.29) is 12.5 Å². The maximum Gasteiger partial charge on any atom is 0.241 e. The Kier molecular flexibility index (Phi) is 4.44. The summed E-state index contributed by atoms with van der Waals surface area (Å²) in [5.74, 6) is 0.800. The zero-order chi connectivity index (χ0) is 17.9. The zero-order valence-corrected chi connectivity index (χ0v) is 14.7. The molecule has 0 bridgehead atoms. The second-order valence-electron chi connectivity index (χ2n) is 6.55. The number of para-hydroxylation sites is 1. The predicted octanol–water partition coefficient (Wildman–Crippen LogP) is 3.11. The number of hydrogen-bond donors (Lipinski definition) is 1. The number of hydrogen-bond acceptors (Lipinski definition) is 3. The van der Waals surface area contributed by atoms with Crippen LogP contribution in [0.4, 0.5) is 0 Å². The van der Waals surface area contributed by atoms with E-state index in [1.54, 1.807) is 10.9 Å². The maximum absolute atomic E-state index is 12.3. The van der Waals surface area contributed by atoms with Gasteiger partial charge >= 0.3 is 0 Å². The Balaban J connectivity index is 1.40. The number of fused-ring (bicyclic) bond motifs is 3. The Morgan fingerprint density at radius 3 is 2.85 bits per heavy atom. The Morgan fingerprint density at radius 1 is 1.19 bits per heavy atom. The molecular weight excluding hydrogens is 326 g/mol. The van der Waals surface area contributed by atoms with E-state index in [0.717, 1.165) is 29.0 Å². The summed E-state index contributed by atoms with van der Waals surface area (Å²) >= 11 is 0. The van der Waals surface area contributed by atoms with Crippen molar-refractivity contribution in [2.24, 2.45) is 0 Å². The normalized spacial score (nSPS) is 12.0. The standard InChI is InChI=1S/C21H21N3O2/c1-15-6-8-16(9-7-15)10-11-22-20(25)13-24-21-17(12-23-24)14-26-19-5-3-2-4-18(19)21/h2-9,12H,10-11,13-14H2,1H3,(H,22,25). The monoisotopic (exact) mass is 347 g/mol. The average Bonchev–Trinajstić information content (AvgIpc) is 3.07. The van der Waals surface area contributed by atoms with Crippen molar-refractivity contribution in [2.75, 3.05) is 6.54 Å². The lowest BCUT2D eigenvalue weighted by Gasteiger charge is -2.19. The summed E-state index contributed by atoms with van der Waals surface area (Å²) in [6.45, 7) is 3.38. The van der Waals surface area contributed by atoms with Crippen LogP contribution >= 0.6 is 0 Å². The fraction of sp³-hybridized carbons (Fsp3) is 0.238. The first-order valence-electron chi connectivity index (χ1n) is 8.80. The SMILES string of the molecule is Cc1ccc(CCNC(=O)Cn2ncc3c2-c2ccccc2OC3)cc1. The van der Waals surface area contributed by atoms with Gasteiger partial charge in [-0.25, -0.2) is 0 Å². The van der Waals surface area contributed by atoms with Gasteiger partial charge in [0.15, 0.2) is 0 Å². The largest absolute Gasteiger partial charge is 0.488 e. The molecule has 0 unspecified atom stereocenters. The van der Waals surface area contributed by atoms with Crippen LogP contribution < -0.4 is 10.1 Å². The fourth-order valence-corrected chi connectivity index (χ4v) is 3.20. The van der Waals surface area contributed by atoms with Gasteiger partial charge in [0.25, 0.3) is 0 Å². The number of benzene rings is 2. The van der Waals surface area contributed by atoms with E-state index in [1.807, 2.05) is 24.3 Å². The number of nitrogens with zero attached hydrogens (tertiary/aromatic N) is 2. The summed E-state index contributed by atoms with van der Waals surface area (Å²) in [7, 11) is 0. The molecule has 0 saturated carbocycles. The van der Waals surface area contributed by atoms with Gasteiger partial charge < -0.3 is 10.1 Å². The van der Waals surface area contributed by atoms with E-state index in [0.29, 0.717) is 13.2 Å². The third-order valence-electron chi connectivity index (χ3n) is 4.59. The lowest BCUT2D eigenvalue weighted by molar-refractivity contribution is -0.121. The van der Waals surface area contributed by atoms with E-state index >= 15 is 0 Å². The molecule has 4 rings (SSSR count). The van der Waals surface area contributed by atoms with Gasteiger partial charge in [0.05, 0.1) is 11.9 Å². The summed E-state index contributed by atoms with van der Waals surface area (Å²) in [4.78, 5) is 12.3. The van der Waals surface area contributed by atoms with Crippen molar-refractivity contribution in [3.05, 3.63) is 71.4 Å². The number of amides is 1. The van der Waals surface area contributed by atoms with Crippen molar-refractivity contribution < 1.29 is 9.53 Å². The van der Waals surface area contributed by atoms with Gasteiger partial charge in [-0.2, -0.15) is 5.10 Å². The molecule has 1 aliphatic rings. The number of ether oxygens (including phenoxy) is 1. The van der Waals surface area contributed by atoms with Gasteiger partial charge in [-0.1, -0.05) is 42.0 Å². The van der Waals surface area contributed by atoms with Gasteiger partial charge in [0, 0.05) is 17.7 Å². The Bertz CT molecular complexity index is 929. The molecule has 0 radical (unpaired) electrons. The van der Waals surface area contributed by atoms with Crippen LogP contribution in [-0.4, -0.2) is 22.2 Å². The highest BCUT2D eigenvalue weighted by Gasteiger charge is 2.22. The van der Waals surface area contributed by atoms with Gasteiger partial charge in [-0.05, 0) is 31.0 Å². The predicted molar refractivity (Wildman–Crippen MR) is 99.9 cm³/mol. The molecule has 1 aromatic heterocycles. The number of nitrogens with one attached hydrogen (secondary N) is 1. The lowest BCUT2D eigenvalue weighted by atomic mass is 10.0. The maximum atomic E-state index is 12.3. The van der Waals surface area contributed by atoms with Crippen LogP contribution in [-0.2, 0) is 24.4 Å². The number of aryl methyl sites for hydroxylation is 1. The first-order chi connectivity index (χ1) is 12.7. The van der Waals surface area contributed by atoms with Gasteiger partial charge in [0.2, 0.25) is 5.91 Å². The van der Waals surface area contributed by atoms with E-state index in [2.05, 4.69) is 41.6 Å². The zero-order valence-electron chi connectivity index (χ0n) is 14.7. The van der Waals surface area contributed by atoms with E-state index in [1.165, 1.54) is 11.1 Å². The molecule has 1 aliphatic heterocycles. The summed E-state index contributed by atoms with van der Waals surface area (Å²) < 4.78 is 7.50. The smallest absolute Gasteiger partial charge is 0.241 e. The highest BCUT2D eigenvalue weighted by Crippen LogP contribution is 2.36. The van der Waals surface area contributed by atoms with Crippen LogP contribution in [0.5, 0.6) is 5.75 Å². The van der Waals surface area contributed by atoms with E-state index in [9.17, 15) is 4.79 Å². The summed E-state index contributed by atoms with van der Waals surface area (Å²) in [5, 5.41) is 7.37. The summed E-state index contributed by atoms with van der Waals surface area (Å²) in [6.07, 6.45) is 2.60. The summed E-state index contributed by atoms with van der Waals surface area (Å²) in [5.41, 5.74) is 5.43. The Hall–Kier alpha value is -3.08. The molecule has 2 aromatic carbocycles. The topological polar surface area (TPSA) is 56.2 Å². The highest BCUT2D eigenvalue weighted by atomic mass is 16.5. The average molecular weight is 347 g/mol. The van der Waals surface area contributed by atoms with Crippen molar-refractivity contribution in [1.29, 1.82) is 0 Å². The highest BCUT2D eigenvalue weighted by molar-refractivity contribution is 5.78. The second kappa shape index (κ2) is 7.04. The molecule has 0 aliphatic carbocycles. The first-order valence-corrected chi connectivity index (χ1v) is 8.80. The summed E-state index contributed by atoms with van der Waals surface area (Å²) in [6, 6.07) is 16.2. The number of carbonyl (C=O) groups is 1. The number of rotatable bonds is 5. The van der Waals surface area contributed by atoms with Gasteiger partial charge in [-0.3, -0.25) is 9.48 Å². The van der Waals surface area contributed by atoms with Crippen molar-refractivity contribution in [1.82, 2.24) is 15.1 Å². The lowest BCUT2D eigenvalue weighted by Crippen LogP contribution is -2.30. The quantitative estimate of drug-likeness (QED) is 0.771. The third-order valence-corrected chi connectivity index (χ3v) is 4.59.